The SMILES string of the molecule is N#CCCN(C(=O)C1CCN(c2ccccc2Br)C1=O)C1CCOCC1. The smallest absolute Gasteiger partial charge is 0.239 e. The minimum atomic E-state index is -0.663. The van der Waals surface area contributed by atoms with Crippen molar-refractivity contribution in [3.63, 3.8) is 0 Å². The monoisotopic (exact) mass is 419 g/mol. The molecule has 1 atom stereocenters. The third-order valence-corrected chi connectivity index (χ3v) is 5.70. The van der Waals surface area contributed by atoms with E-state index in [1.165, 1.54) is 0 Å². The van der Waals surface area contributed by atoms with Crippen molar-refractivity contribution in [1.29, 1.82) is 5.26 Å². The van der Waals surface area contributed by atoms with E-state index in [2.05, 4.69) is 22.0 Å². The quantitative estimate of drug-likeness (QED) is 0.687. The predicted octanol–water partition coefficient (Wildman–Crippen LogP) is 2.72. The van der Waals surface area contributed by atoms with E-state index in [0.29, 0.717) is 32.7 Å². The molecule has 2 amide bonds. The van der Waals surface area contributed by atoms with E-state index < -0.39 is 5.92 Å². The Morgan fingerprint density at radius 2 is 2.04 bits per heavy atom. The second kappa shape index (κ2) is 8.65. The Labute approximate surface area is 161 Å². The summed E-state index contributed by atoms with van der Waals surface area (Å²) in [7, 11) is 0. The van der Waals surface area contributed by atoms with E-state index in [0.717, 1.165) is 23.0 Å². The summed E-state index contributed by atoms with van der Waals surface area (Å²) >= 11 is 3.48. The first kappa shape index (κ1) is 18.9. The molecule has 2 fully saturated rings. The molecule has 1 aromatic rings. The standard InChI is InChI=1S/C19H22BrN3O3/c20-16-4-1-2-5-17(16)23-11-6-15(19(23)25)18(24)22(10-3-9-21)14-7-12-26-13-8-14/h1-2,4-5,14-15H,3,6-8,10-13H2. The van der Waals surface area contributed by atoms with Crippen molar-refractivity contribution >= 4 is 33.4 Å². The molecule has 3 rings (SSSR count). The van der Waals surface area contributed by atoms with Crippen molar-refractivity contribution in [3.05, 3.63) is 28.7 Å². The topological polar surface area (TPSA) is 73.6 Å². The summed E-state index contributed by atoms with van der Waals surface area (Å²) in [5, 5.41) is 8.94. The summed E-state index contributed by atoms with van der Waals surface area (Å²) in [5.74, 6) is -0.966. The van der Waals surface area contributed by atoms with Crippen molar-refractivity contribution in [2.45, 2.75) is 31.7 Å². The summed E-state index contributed by atoms with van der Waals surface area (Å²) < 4.78 is 6.23. The van der Waals surface area contributed by atoms with Gasteiger partial charge in [-0.3, -0.25) is 9.59 Å². The fourth-order valence-corrected chi connectivity index (χ4v) is 4.16. The number of ether oxygens (including phenoxy) is 1. The highest BCUT2D eigenvalue weighted by molar-refractivity contribution is 9.10. The summed E-state index contributed by atoms with van der Waals surface area (Å²) in [6.07, 6.45) is 2.29. The average molecular weight is 420 g/mol. The zero-order valence-electron chi connectivity index (χ0n) is 14.6. The summed E-state index contributed by atoms with van der Waals surface area (Å²) in [6, 6.07) is 9.70. The van der Waals surface area contributed by atoms with Crippen LogP contribution in [0.2, 0.25) is 0 Å². The van der Waals surface area contributed by atoms with Gasteiger partial charge in [-0.25, -0.2) is 0 Å². The Morgan fingerprint density at radius 1 is 1.31 bits per heavy atom. The Hall–Kier alpha value is -1.91. The van der Waals surface area contributed by atoms with Gasteiger partial charge in [-0.1, -0.05) is 12.1 Å². The molecule has 2 aliphatic rings. The largest absolute Gasteiger partial charge is 0.381 e. The molecule has 1 unspecified atom stereocenters. The van der Waals surface area contributed by atoms with Crippen molar-refractivity contribution in [1.82, 2.24) is 4.90 Å². The molecule has 2 aliphatic heterocycles. The van der Waals surface area contributed by atoms with Gasteiger partial charge in [0.2, 0.25) is 11.8 Å². The van der Waals surface area contributed by atoms with Crippen LogP contribution in [0.3, 0.4) is 0 Å². The van der Waals surface area contributed by atoms with Gasteiger partial charge in [-0.2, -0.15) is 5.26 Å². The van der Waals surface area contributed by atoms with Crippen LogP contribution in [-0.4, -0.2) is 49.1 Å². The molecule has 7 heteroatoms. The Morgan fingerprint density at radius 3 is 2.73 bits per heavy atom. The van der Waals surface area contributed by atoms with Crippen LogP contribution in [0.4, 0.5) is 5.69 Å². The Kier molecular flexibility index (Phi) is 6.28. The van der Waals surface area contributed by atoms with Crippen LogP contribution in [0.1, 0.15) is 25.7 Å². The number of benzene rings is 1. The van der Waals surface area contributed by atoms with Crippen LogP contribution in [0.5, 0.6) is 0 Å². The normalized spacial score (nSPS) is 20.8. The zero-order valence-corrected chi connectivity index (χ0v) is 16.2. The van der Waals surface area contributed by atoms with Crippen molar-refractivity contribution < 1.29 is 14.3 Å². The van der Waals surface area contributed by atoms with E-state index in [9.17, 15) is 9.59 Å². The molecular weight excluding hydrogens is 398 g/mol. The molecule has 0 N–H and O–H groups in total. The molecule has 0 aliphatic carbocycles. The minimum absolute atomic E-state index is 0.0508. The van der Waals surface area contributed by atoms with Crippen LogP contribution in [0, 0.1) is 17.2 Å². The lowest BCUT2D eigenvalue weighted by atomic mass is 10.0. The van der Waals surface area contributed by atoms with Crippen LogP contribution in [0.15, 0.2) is 28.7 Å². The molecule has 2 saturated heterocycles. The van der Waals surface area contributed by atoms with E-state index in [4.69, 9.17) is 10.00 Å². The number of nitrogens with zero attached hydrogens (tertiary/aromatic N) is 3. The lowest BCUT2D eigenvalue weighted by molar-refractivity contribution is -0.143. The predicted molar refractivity (Wildman–Crippen MR) is 100 cm³/mol. The number of rotatable bonds is 5. The van der Waals surface area contributed by atoms with Gasteiger partial charge in [0.05, 0.1) is 18.2 Å². The van der Waals surface area contributed by atoms with Gasteiger partial charge < -0.3 is 14.5 Å². The highest BCUT2D eigenvalue weighted by Crippen LogP contribution is 2.32. The van der Waals surface area contributed by atoms with Gasteiger partial charge in [0, 0.05) is 36.8 Å². The van der Waals surface area contributed by atoms with Gasteiger partial charge in [0.15, 0.2) is 0 Å². The lowest BCUT2D eigenvalue weighted by Crippen LogP contribution is -2.48. The molecule has 0 radical (unpaired) electrons. The number of hydrogen-bond donors (Lipinski definition) is 0. The maximum atomic E-state index is 13.1. The van der Waals surface area contributed by atoms with E-state index in [1.54, 1.807) is 9.80 Å². The van der Waals surface area contributed by atoms with Crippen molar-refractivity contribution in [2.24, 2.45) is 5.92 Å². The first-order valence-corrected chi connectivity index (χ1v) is 9.74. The third kappa shape index (κ3) is 3.92. The Balaban J connectivity index is 1.76. The molecule has 0 bridgehead atoms. The van der Waals surface area contributed by atoms with Crippen LogP contribution >= 0.6 is 15.9 Å². The molecule has 138 valence electrons. The number of amides is 2. The van der Waals surface area contributed by atoms with E-state index in [1.807, 2.05) is 24.3 Å². The number of nitriles is 1. The number of carbonyl (C=O) groups is 2. The van der Waals surface area contributed by atoms with Crippen LogP contribution < -0.4 is 4.90 Å². The number of para-hydroxylation sites is 1. The first-order chi connectivity index (χ1) is 12.6. The van der Waals surface area contributed by atoms with Gasteiger partial charge >= 0.3 is 0 Å². The number of anilines is 1. The highest BCUT2D eigenvalue weighted by atomic mass is 79.9. The number of carbonyl (C=O) groups excluding carboxylic acids is 2. The van der Waals surface area contributed by atoms with Crippen LogP contribution in [0.25, 0.3) is 0 Å². The molecule has 0 saturated carbocycles. The highest BCUT2D eigenvalue weighted by Gasteiger charge is 2.41. The maximum Gasteiger partial charge on any atom is 0.239 e. The molecule has 26 heavy (non-hydrogen) atoms. The summed E-state index contributed by atoms with van der Waals surface area (Å²) in [5.41, 5.74) is 0.794. The van der Waals surface area contributed by atoms with Crippen molar-refractivity contribution in [3.8, 4) is 6.07 Å². The number of hydrogen-bond acceptors (Lipinski definition) is 4. The molecule has 1 aromatic carbocycles. The van der Waals surface area contributed by atoms with Gasteiger partial charge in [-0.05, 0) is 47.3 Å². The summed E-state index contributed by atoms with van der Waals surface area (Å²) in [6.45, 7) is 2.13. The average Bonchev–Trinajstić information content (AvgIpc) is 3.04. The molecular formula is C19H22BrN3O3. The van der Waals surface area contributed by atoms with E-state index in [-0.39, 0.29) is 24.3 Å². The zero-order chi connectivity index (χ0) is 18.5. The molecule has 2 heterocycles. The maximum absolute atomic E-state index is 13.1. The number of halogens is 1. The van der Waals surface area contributed by atoms with Gasteiger partial charge in [0.1, 0.15) is 5.92 Å². The summed E-state index contributed by atoms with van der Waals surface area (Å²) in [4.78, 5) is 29.5. The second-order valence-electron chi connectivity index (χ2n) is 6.57. The fraction of sp³-hybridized carbons (Fsp3) is 0.526. The molecule has 6 nitrogen and oxygen atoms in total. The molecule has 0 spiro atoms. The lowest BCUT2D eigenvalue weighted by Gasteiger charge is -2.35. The molecule has 0 aromatic heterocycles. The Bertz CT molecular complexity index is 712. The minimum Gasteiger partial charge on any atom is -0.381 e. The van der Waals surface area contributed by atoms with Gasteiger partial charge in [-0.15, -0.1) is 0 Å². The fourth-order valence-electron chi connectivity index (χ4n) is 3.66. The van der Waals surface area contributed by atoms with Crippen LogP contribution in [-0.2, 0) is 14.3 Å². The third-order valence-electron chi connectivity index (χ3n) is 5.03. The first-order valence-electron chi connectivity index (χ1n) is 8.94. The van der Waals surface area contributed by atoms with Crippen molar-refractivity contribution in [2.75, 3.05) is 31.2 Å². The second-order valence-corrected chi connectivity index (χ2v) is 7.42. The van der Waals surface area contributed by atoms with Gasteiger partial charge in [0.25, 0.3) is 0 Å². The van der Waals surface area contributed by atoms with E-state index >= 15 is 0 Å².